The van der Waals surface area contributed by atoms with Gasteiger partial charge in [0.05, 0.1) is 0 Å². The van der Waals surface area contributed by atoms with Crippen LogP contribution in [0.15, 0.2) is 24.3 Å². The topological polar surface area (TPSA) is 35.2 Å². The third-order valence-electron chi connectivity index (χ3n) is 1.94. The molecular formula is C11H16FNO. The summed E-state index contributed by atoms with van der Waals surface area (Å²) in [5.74, 6) is 0.721. The van der Waals surface area contributed by atoms with Gasteiger partial charge in [0.2, 0.25) is 0 Å². The molecule has 0 aliphatic heterocycles. The van der Waals surface area contributed by atoms with Crippen LogP contribution in [0, 0.1) is 0 Å². The van der Waals surface area contributed by atoms with Crippen LogP contribution in [-0.4, -0.2) is 19.8 Å². The second kappa shape index (κ2) is 6.38. The van der Waals surface area contributed by atoms with Gasteiger partial charge in [-0.3, -0.25) is 0 Å². The fourth-order valence-electron chi connectivity index (χ4n) is 1.21. The number of rotatable bonds is 6. The van der Waals surface area contributed by atoms with Crippen molar-refractivity contribution in [3.05, 3.63) is 29.8 Å². The van der Waals surface area contributed by atoms with E-state index < -0.39 is 6.67 Å². The predicted molar refractivity (Wildman–Crippen MR) is 55.3 cm³/mol. The van der Waals surface area contributed by atoms with Crippen LogP contribution in [0.3, 0.4) is 0 Å². The van der Waals surface area contributed by atoms with Gasteiger partial charge in [0, 0.05) is 0 Å². The van der Waals surface area contributed by atoms with Gasteiger partial charge in [-0.25, -0.2) is 4.39 Å². The fourth-order valence-corrected chi connectivity index (χ4v) is 1.21. The zero-order valence-electron chi connectivity index (χ0n) is 8.21. The van der Waals surface area contributed by atoms with E-state index in [0.29, 0.717) is 6.54 Å². The summed E-state index contributed by atoms with van der Waals surface area (Å²) in [4.78, 5) is 0. The van der Waals surface area contributed by atoms with Crippen LogP contribution in [0.4, 0.5) is 4.39 Å². The summed E-state index contributed by atoms with van der Waals surface area (Å²) in [6.45, 7) is 0.386. The molecule has 1 rings (SSSR count). The van der Waals surface area contributed by atoms with E-state index in [0.717, 1.165) is 18.6 Å². The standard InChI is InChI=1S/C11H16FNO/c12-7-9-14-11-5-3-10(4-6-11)2-1-8-13/h3-6H,1-2,7-9,13H2. The largest absolute Gasteiger partial charge is 0.491 e. The van der Waals surface area contributed by atoms with Crippen LogP contribution < -0.4 is 10.5 Å². The Labute approximate surface area is 83.9 Å². The van der Waals surface area contributed by atoms with Crippen molar-refractivity contribution in [2.45, 2.75) is 12.8 Å². The van der Waals surface area contributed by atoms with Crippen molar-refractivity contribution in [1.82, 2.24) is 0 Å². The summed E-state index contributed by atoms with van der Waals surface area (Å²) >= 11 is 0. The lowest BCUT2D eigenvalue weighted by molar-refractivity contribution is 0.273. The van der Waals surface area contributed by atoms with Crippen molar-refractivity contribution in [3.8, 4) is 5.75 Å². The van der Waals surface area contributed by atoms with Gasteiger partial charge >= 0.3 is 0 Å². The Hall–Kier alpha value is -1.09. The minimum absolute atomic E-state index is 0.127. The van der Waals surface area contributed by atoms with Crippen LogP contribution in [0.25, 0.3) is 0 Å². The number of hydrogen-bond donors (Lipinski definition) is 1. The third kappa shape index (κ3) is 3.75. The first-order valence-corrected chi connectivity index (χ1v) is 4.84. The Bertz CT molecular complexity index is 221. The van der Waals surface area contributed by atoms with Gasteiger partial charge in [0.15, 0.2) is 0 Å². The summed E-state index contributed by atoms with van der Waals surface area (Å²) in [6.07, 6.45) is 1.98. The third-order valence-corrected chi connectivity index (χ3v) is 1.94. The molecule has 0 atom stereocenters. The number of aryl methyl sites for hydroxylation is 1. The lowest BCUT2D eigenvalue weighted by Crippen LogP contribution is -2.01. The smallest absolute Gasteiger partial charge is 0.123 e. The maximum Gasteiger partial charge on any atom is 0.123 e. The van der Waals surface area contributed by atoms with E-state index in [4.69, 9.17) is 10.5 Å². The average molecular weight is 197 g/mol. The monoisotopic (exact) mass is 197 g/mol. The molecule has 0 spiro atoms. The number of halogens is 1. The zero-order chi connectivity index (χ0) is 10.2. The van der Waals surface area contributed by atoms with Crippen LogP contribution in [0.1, 0.15) is 12.0 Å². The minimum Gasteiger partial charge on any atom is -0.491 e. The zero-order valence-corrected chi connectivity index (χ0v) is 8.21. The molecule has 0 saturated carbocycles. The Balaban J connectivity index is 2.42. The Morgan fingerprint density at radius 2 is 1.93 bits per heavy atom. The van der Waals surface area contributed by atoms with Gasteiger partial charge in [-0.05, 0) is 37.1 Å². The van der Waals surface area contributed by atoms with Gasteiger partial charge in [0.1, 0.15) is 19.0 Å². The molecule has 0 aromatic heterocycles. The molecule has 0 heterocycles. The van der Waals surface area contributed by atoms with E-state index in [1.165, 1.54) is 5.56 Å². The Morgan fingerprint density at radius 1 is 1.21 bits per heavy atom. The normalized spacial score (nSPS) is 10.1. The highest BCUT2D eigenvalue weighted by molar-refractivity contribution is 5.27. The average Bonchev–Trinajstić information content (AvgIpc) is 2.25. The van der Waals surface area contributed by atoms with Crippen molar-refractivity contribution in [2.24, 2.45) is 5.73 Å². The number of ether oxygens (including phenoxy) is 1. The van der Waals surface area contributed by atoms with Crippen molar-refractivity contribution in [1.29, 1.82) is 0 Å². The summed E-state index contributed by atoms with van der Waals surface area (Å²) in [7, 11) is 0. The van der Waals surface area contributed by atoms with E-state index in [1.807, 2.05) is 24.3 Å². The number of alkyl halides is 1. The molecule has 0 fully saturated rings. The van der Waals surface area contributed by atoms with Gasteiger partial charge in [-0.2, -0.15) is 0 Å². The lowest BCUT2D eigenvalue weighted by atomic mass is 10.1. The molecule has 1 aromatic rings. The molecule has 0 radical (unpaired) electrons. The maximum atomic E-state index is 11.8. The number of nitrogens with two attached hydrogens (primary N) is 1. The highest BCUT2D eigenvalue weighted by Crippen LogP contribution is 2.12. The Kier molecular flexibility index (Phi) is 5.00. The molecule has 14 heavy (non-hydrogen) atoms. The van der Waals surface area contributed by atoms with Crippen LogP contribution >= 0.6 is 0 Å². The molecule has 0 unspecified atom stereocenters. The van der Waals surface area contributed by atoms with Crippen LogP contribution in [-0.2, 0) is 6.42 Å². The van der Waals surface area contributed by atoms with Crippen molar-refractivity contribution >= 4 is 0 Å². The van der Waals surface area contributed by atoms with Crippen molar-refractivity contribution < 1.29 is 9.13 Å². The van der Waals surface area contributed by atoms with Gasteiger partial charge in [-0.1, -0.05) is 12.1 Å². The Morgan fingerprint density at radius 3 is 2.50 bits per heavy atom. The van der Waals surface area contributed by atoms with Gasteiger partial charge in [-0.15, -0.1) is 0 Å². The first kappa shape index (κ1) is 11.0. The van der Waals surface area contributed by atoms with Gasteiger partial charge in [0.25, 0.3) is 0 Å². The second-order valence-electron chi connectivity index (χ2n) is 3.07. The SMILES string of the molecule is NCCCc1ccc(OCCF)cc1. The van der Waals surface area contributed by atoms with E-state index in [1.54, 1.807) is 0 Å². The van der Waals surface area contributed by atoms with Crippen LogP contribution in [0.2, 0.25) is 0 Å². The summed E-state index contributed by atoms with van der Waals surface area (Å²) in [5, 5.41) is 0. The maximum absolute atomic E-state index is 11.8. The number of hydrogen-bond acceptors (Lipinski definition) is 2. The van der Waals surface area contributed by atoms with Crippen LogP contribution in [0.5, 0.6) is 5.75 Å². The summed E-state index contributed by atoms with van der Waals surface area (Å²) in [5.41, 5.74) is 6.64. The quantitative estimate of drug-likeness (QED) is 0.756. The molecule has 0 bridgehead atoms. The molecule has 0 aliphatic rings. The van der Waals surface area contributed by atoms with E-state index in [9.17, 15) is 4.39 Å². The van der Waals surface area contributed by atoms with Crippen molar-refractivity contribution in [3.63, 3.8) is 0 Å². The highest BCUT2D eigenvalue weighted by Gasteiger charge is 1.95. The van der Waals surface area contributed by atoms with E-state index >= 15 is 0 Å². The first-order chi connectivity index (χ1) is 6.86. The summed E-state index contributed by atoms with van der Waals surface area (Å²) in [6, 6.07) is 7.70. The molecule has 2 N–H and O–H groups in total. The molecule has 0 saturated heterocycles. The second-order valence-corrected chi connectivity index (χ2v) is 3.07. The molecule has 3 heteroatoms. The highest BCUT2D eigenvalue weighted by atomic mass is 19.1. The molecule has 0 aliphatic carbocycles. The predicted octanol–water partition coefficient (Wildman–Crippen LogP) is 1.93. The van der Waals surface area contributed by atoms with E-state index in [2.05, 4.69) is 0 Å². The molecule has 1 aromatic carbocycles. The van der Waals surface area contributed by atoms with Crippen molar-refractivity contribution in [2.75, 3.05) is 19.8 Å². The summed E-state index contributed by atoms with van der Waals surface area (Å²) < 4.78 is 16.9. The van der Waals surface area contributed by atoms with Gasteiger partial charge < -0.3 is 10.5 Å². The number of benzene rings is 1. The fraction of sp³-hybridized carbons (Fsp3) is 0.455. The first-order valence-electron chi connectivity index (χ1n) is 4.84. The lowest BCUT2D eigenvalue weighted by Gasteiger charge is -2.04. The van der Waals surface area contributed by atoms with E-state index in [-0.39, 0.29) is 6.61 Å². The molecule has 0 amide bonds. The minimum atomic E-state index is -0.449. The molecule has 2 nitrogen and oxygen atoms in total. The molecule has 78 valence electrons. The molecular weight excluding hydrogens is 181 g/mol.